The zero-order chi connectivity index (χ0) is 14.8. The van der Waals surface area contributed by atoms with Gasteiger partial charge in [0.25, 0.3) is 0 Å². The van der Waals surface area contributed by atoms with E-state index in [0.717, 1.165) is 25.1 Å². The monoisotopic (exact) mass is 282 g/mol. The van der Waals surface area contributed by atoms with E-state index in [-0.39, 0.29) is 0 Å². The van der Waals surface area contributed by atoms with E-state index in [1.165, 1.54) is 16.8 Å². The maximum Gasteiger partial charge on any atom is 0.120 e. The second-order valence-corrected chi connectivity index (χ2v) is 5.85. The van der Waals surface area contributed by atoms with Crippen LogP contribution in [0.25, 0.3) is 0 Å². The maximum atomic E-state index is 10.1. The SMILES string of the molecule is Cc1ccc(O)c(CN2CC(CCN)c3ccccc32)c1. The third-order valence-electron chi connectivity index (χ3n) is 4.27. The first-order valence-electron chi connectivity index (χ1n) is 7.51. The van der Waals surface area contributed by atoms with Crippen molar-refractivity contribution in [3.05, 3.63) is 59.2 Å². The number of nitrogens with zero attached hydrogens (tertiary/aromatic N) is 1. The van der Waals surface area contributed by atoms with Crippen LogP contribution >= 0.6 is 0 Å². The number of benzene rings is 2. The second-order valence-electron chi connectivity index (χ2n) is 5.85. The fourth-order valence-electron chi connectivity index (χ4n) is 3.23. The van der Waals surface area contributed by atoms with Crippen LogP contribution in [0.3, 0.4) is 0 Å². The molecule has 1 aliphatic heterocycles. The lowest BCUT2D eigenvalue weighted by Gasteiger charge is -2.21. The molecule has 0 bridgehead atoms. The number of phenols is 1. The summed E-state index contributed by atoms with van der Waals surface area (Å²) in [5, 5.41) is 10.1. The molecule has 1 heterocycles. The Morgan fingerprint density at radius 2 is 2.05 bits per heavy atom. The Hall–Kier alpha value is -2.00. The number of hydrogen-bond donors (Lipinski definition) is 2. The molecule has 3 nitrogen and oxygen atoms in total. The Morgan fingerprint density at radius 1 is 1.24 bits per heavy atom. The Labute approximate surface area is 126 Å². The molecule has 0 radical (unpaired) electrons. The van der Waals surface area contributed by atoms with Gasteiger partial charge in [-0.25, -0.2) is 0 Å². The van der Waals surface area contributed by atoms with Gasteiger partial charge in [0.05, 0.1) is 0 Å². The molecule has 2 aromatic rings. The van der Waals surface area contributed by atoms with E-state index in [0.29, 0.717) is 18.2 Å². The number of para-hydroxylation sites is 1. The number of aromatic hydroxyl groups is 1. The molecular weight excluding hydrogens is 260 g/mol. The van der Waals surface area contributed by atoms with E-state index >= 15 is 0 Å². The highest BCUT2D eigenvalue weighted by molar-refractivity contribution is 5.60. The van der Waals surface area contributed by atoms with Crippen molar-refractivity contribution in [3.63, 3.8) is 0 Å². The Morgan fingerprint density at radius 3 is 2.86 bits per heavy atom. The minimum atomic E-state index is 0.375. The third-order valence-corrected chi connectivity index (χ3v) is 4.27. The summed E-state index contributed by atoms with van der Waals surface area (Å²) >= 11 is 0. The van der Waals surface area contributed by atoms with Crippen LogP contribution in [0.2, 0.25) is 0 Å². The van der Waals surface area contributed by atoms with Gasteiger partial charge in [-0.1, -0.05) is 35.9 Å². The summed E-state index contributed by atoms with van der Waals surface area (Å²) in [5.74, 6) is 0.874. The van der Waals surface area contributed by atoms with E-state index in [9.17, 15) is 5.11 Å². The third kappa shape index (κ3) is 2.74. The first-order valence-corrected chi connectivity index (χ1v) is 7.51. The van der Waals surface area contributed by atoms with Gasteiger partial charge in [0.15, 0.2) is 0 Å². The standard InChI is InChI=1S/C18H22N2O/c1-13-6-7-18(21)15(10-13)12-20-11-14(8-9-19)16-4-2-3-5-17(16)20/h2-7,10,14,21H,8-9,11-12,19H2,1H3. The molecule has 110 valence electrons. The molecule has 0 fully saturated rings. The minimum Gasteiger partial charge on any atom is -0.508 e. The number of hydrogen-bond acceptors (Lipinski definition) is 3. The molecule has 2 aromatic carbocycles. The van der Waals surface area contributed by atoms with Crippen molar-refractivity contribution in [2.45, 2.75) is 25.8 Å². The Bertz CT molecular complexity index is 639. The average molecular weight is 282 g/mol. The molecule has 0 aromatic heterocycles. The number of rotatable bonds is 4. The van der Waals surface area contributed by atoms with Gasteiger partial charge in [0.2, 0.25) is 0 Å². The predicted molar refractivity (Wildman–Crippen MR) is 86.7 cm³/mol. The van der Waals surface area contributed by atoms with Crippen molar-refractivity contribution in [2.75, 3.05) is 18.0 Å². The van der Waals surface area contributed by atoms with Crippen LogP contribution in [-0.2, 0) is 6.54 Å². The van der Waals surface area contributed by atoms with E-state index in [4.69, 9.17) is 5.73 Å². The van der Waals surface area contributed by atoms with Gasteiger partial charge in [0.1, 0.15) is 5.75 Å². The van der Waals surface area contributed by atoms with Gasteiger partial charge in [-0.05, 0) is 37.6 Å². The van der Waals surface area contributed by atoms with Crippen molar-refractivity contribution in [2.24, 2.45) is 5.73 Å². The van der Waals surface area contributed by atoms with Crippen LogP contribution in [0.5, 0.6) is 5.75 Å². The van der Waals surface area contributed by atoms with Crippen molar-refractivity contribution in [1.82, 2.24) is 0 Å². The van der Waals surface area contributed by atoms with Crippen LogP contribution in [0.15, 0.2) is 42.5 Å². The summed E-state index contributed by atoms with van der Waals surface area (Å²) in [6, 6.07) is 14.3. The molecule has 3 N–H and O–H groups in total. The fourth-order valence-corrected chi connectivity index (χ4v) is 3.23. The molecule has 3 rings (SSSR count). The lowest BCUT2D eigenvalue weighted by Crippen LogP contribution is -2.22. The van der Waals surface area contributed by atoms with Crippen LogP contribution in [0, 0.1) is 6.92 Å². The molecule has 0 amide bonds. The molecule has 1 aliphatic rings. The molecule has 1 atom stereocenters. The Kier molecular flexibility index (Phi) is 3.84. The molecule has 1 unspecified atom stereocenters. The zero-order valence-electron chi connectivity index (χ0n) is 12.4. The molecule has 0 aliphatic carbocycles. The summed E-state index contributed by atoms with van der Waals surface area (Å²) < 4.78 is 0. The number of fused-ring (bicyclic) bond motifs is 1. The molecule has 0 saturated heterocycles. The van der Waals surface area contributed by atoms with Gasteiger partial charge in [-0.15, -0.1) is 0 Å². The van der Waals surface area contributed by atoms with Crippen molar-refractivity contribution in [1.29, 1.82) is 0 Å². The summed E-state index contributed by atoms with van der Waals surface area (Å²) in [5.41, 5.74) is 10.6. The number of aryl methyl sites for hydroxylation is 1. The highest BCUT2D eigenvalue weighted by atomic mass is 16.3. The molecule has 0 spiro atoms. The summed E-state index contributed by atoms with van der Waals surface area (Å²) in [4.78, 5) is 2.35. The summed E-state index contributed by atoms with van der Waals surface area (Å²) in [7, 11) is 0. The van der Waals surface area contributed by atoms with Crippen LogP contribution in [0.4, 0.5) is 5.69 Å². The minimum absolute atomic E-state index is 0.375. The van der Waals surface area contributed by atoms with Crippen molar-refractivity contribution in [3.8, 4) is 5.75 Å². The first-order chi connectivity index (χ1) is 10.2. The fraction of sp³-hybridized carbons (Fsp3) is 0.333. The average Bonchev–Trinajstić information content (AvgIpc) is 2.82. The normalized spacial score (nSPS) is 17.0. The van der Waals surface area contributed by atoms with Crippen LogP contribution < -0.4 is 10.6 Å². The van der Waals surface area contributed by atoms with E-state index < -0.39 is 0 Å². The van der Waals surface area contributed by atoms with E-state index in [2.05, 4.69) is 42.2 Å². The van der Waals surface area contributed by atoms with Gasteiger partial charge in [-0.2, -0.15) is 0 Å². The Balaban J connectivity index is 1.88. The summed E-state index contributed by atoms with van der Waals surface area (Å²) in [6.45, 7) is 4.48. The molecule has 0 saturated carbocycles. The number of anilines is 1. The lowest BCUT2D eigenvalue weighted by atomic mass is 9.98. The van der Waals surface area contributed by atoms with E-state index in [1.54, 1.807) is 6.07 Å². The number of nitrogens with two attached hydrogens (primary N) is 1. The highest BCUT2D eigenvalue weighted by Gasteiger charge is 2.27. The van der Waals surface area contributed by atoms with Gasteiger partial charge >= 0.3 is 0 Å². The van der Waals surface area contributed by atoms with Gasteiger partial charge < -0.3 is 15.7 Å². The molecule has 3 heteroatoms. The van der Waals surface area contributed by atoms with Crippen LogP contribution in [0.1, 0.15) is 29.0 Å². The van der Waals surface area contributed by atoms with Crippen molar-refractivity contribution >= 4 is 5.69 Å². The van der Waals surface area contributed by atoms with Gasteiger partial charge in [-0.3, -0.25) is 0 Å². The first kappa shape index (κ1) is 14.0. The highest BCUT2D eigenvalue weighted by Crippen LogP contribution is 2.39. The summed E-state index contributed by atoms with van der Waals surface area (Å²) in [6.07, 6.45) is 1.01. The smallest absolute Gasteiger partial charge is 0.120 e. The molecule has 21 heavy (non-hydrogen) atoms. The topological polar surface area (TPSA) is 49.5 Å². The zero-order valence-corrected chi connectivity index (χ0v) is 12.4. The number of phenolic OH excluding ortho intramolecular Hbond substituents is 1. The van der Waals surface area contributed by atoms with Crippen LogP contribution in [-0.4, -0.2) is 18.2 Å². The lowest BCUT2D eigenvalue weighted by molar-refractivity contribution is 0.467. The molecular formula is C18H22N2O. The predicted octanol–water partition coefficient (Wildman–Crippen LogP) is 3.15. The maximum absolute atomic E-state index is 10.1. The van der Waals surface area contributed by atoms with Crippen molar-refractivity contribution < 1.29 is 5.11 Å². The quantitative estimate of drug-likeness (QED) is 0.905. The van der Waals surface area contributed by atoms with Gasteiger partial charge in [0, 0.05) is 30.3 Å². The largest absolute Gasteiger partial charge is 0.508 e. The van der Waals surface area contributed by atoms with E-state index in [1.807, 2.05) is 6.07 Å². The second kappa shape index (κ2) is 5.78.